The second-order valence-electron chi connectivity index (χ2n) is 5.40. The predicted molar refractivity (Wildman–Crippen MR) is 69.6 cm³/mol. The van der Waals surface area contributed by atoms with Crippen LogP contribution in [0.1, 0.15) is 40.5 Å². The SMILES string of the molecule is CO[C@@H]1CCN(C(=S)OC(C)(C)C)C(C)C1. The van der Waals surface area contributed by atoms with Gasteiger partial charge < -0.3 is 14.4 Å². The maximum atomic E-state index is 5.73. The maximum absolute atomic E-state index is 5.73. The molecule has 1 rings (SSSR count). The van der Waals surface area contributed by atoms with Crippen molar-refractivity contribution in [3.63, 3.8) is 0 Å². The number of likely N-dealkylation sites (tertiary alicyclic amines) is 1. The van der Waals surface area contributed by atoms with E-state index in [0.29, 0.717) is 17.3 Å². The van der Waals surface area contributed by atoms with Crippen molar-refractivity contribution in [1.82, 2.24) is 4.90 Å². The van der Waals surface area contributed by atoms with E-state index in [4.69, 9.17) is 21.7 Å². The number of hydrogen-bond donors (Lipinski definition) is 0. The van der Waals surface area contributed by atoms with Crippen molar-refractivity contribution < 1.29 is 9.47 Å². The molecule has 1 saturated heterocycles. The van der Waals surface area contributed by atoms with Crippen LogP contribution in [-0.2, 0) is 9.47 Å². The van der Waals surface area contributed by atoms with Gasteiger partial charge in [0.15, 0.2) is 0 Å². The van der Waals surface area contributed by atoms with Crippen LogP contribution in [0.3, 0.4) is 0 Å². The standard InChI is InChI=1S/C12H23NO2S/c1-9-8-10(14-5)6-7-13(9)11(16)15-12(2,3)4/h9-10H,6-8H2,1-5H3/t9?,10-/m1/s1. The average Bonchev–Trinajstić information content (AvgIpc) is 2.14. The van der Waals surface area contributed by atoms with Crippen molar-refractivity contribution >= 4 is 17.4 Å². The molecule has 0 radical (unpaired) electrons. The van der Waals surface area contributed by atoms with E-state index in [2.05, 4.69) is 11.8 Å². The molecule has 1 aliphatic rings. The summed E-state index contributed by atoms with van der Waals surface area (Å²) in [4.78, 5) is 2.16. The Kier molecular flexibility index (Phi) is 4.56. The van der Waals surface area contributed by atoms with E-state index in [1.807, 2.05) is 20.8 Å². The zero-order chi connectivity index (χ0) is 12.3. The Morgan fingerprint density at radius 1 is 1.38 bits per heavy atom. The summed E-state index contributed by atoms with van der Waals surface area (Å²) in [5, 5.41) is 0.620. The van der Waals surface area contributed by atoms with Gasteiger partial charge in [0.25, 0.3) is 5.17 Å². The van der Waals surface area contributed by atoms with Gasteiger partial charge in [-0.25, -0.2) is 0 Å². The zero-order valence-corrected chi connectivity index (χ0v) is 11.8. The summed E-state index contributed by atoms with van der Waals surface area (Å²) in [6.07, 6.45) is 2.40. The van der Waals surface area contributed by atoms with Crippen LogP contribution in [0.25, 0.3) is 0 Å². The van der Waals surface area contributed by atoms with Crippen LogP contribution in [0.5, 0.6) is 0 Å². The predicted octanol–water partition coefficient (Wildman–Crippen LogP) is 2.59. The molecule has 1 heterocycles. The van der Waals surface area contributed by atoms with E-state index in [9.17, 15) is 0 Å². The van der Waals surface area contributed by atoms with E-state index in [1.54, 1.807) is 7.11 Å². The molecular formula is C12H23NO2S. The highest BCUT2D eigenvalue weighted by Gasteiger charge is 2.29. The van der Waals surface area contributed by atoms with Gasteiger partial charge in [-0.2, -0.15) is 0 Å². The second kappa shape index (κ2) is 5.32. The van der Waals surface area contributed by atoms with Crippen molar-refractivity contribution in [2.75, 3.05) is 13.7 Å². The Hall–Kier alpha value is -0.350. The van der Waals surface area contributed by atoms with E-state index in [0.717, 1.165) is 19.4 Å². The van der Waals surface area contributed by atoms with Gasteiger partial charge in [-0.3, -0.25) is 0 Å². The quantitative estimate of drug-likeness (QED) is 0.662. The fraction of sp³-hybridized carbons (Fsp3) is 0.917. The number of rotatable bonds is 1. The van der Waals surface area contributed by atoms with Gasteiger partial charge in [0, 0.05) is 19.7 Å². The molecule has 1 aliphatic heterocycles. The van der Waals surface area contributed by atoms with Gasteiger partial charge in [-0.15, -0.1) is 0 Å². The molecule has 0 saturated carbocycles. The molecule has 0 spiro atoms. The number of thiocarbonyl (C=S) groups is 1. The third-order valence-electron chi connectivity index (χ3n) is 2.79. The monoisotopic (exact) mass is 245 g/mol. The van der Waals surface area contributed by atoms with Gasteiger partial charge >= 0.3 is 0 Å². The average molecular weight is 245 g/mol. The van der Waals surface area contributed by atoms with Gasteiger partial charge in [0.05, 0.1) is 6.10 Å². The minimum atomic E-state index is -0.213. The molecule has 2 atom stereocenters. The number of hydrogen-bond acceptors (Lipinski definition) is 3. The minimum Gasteiger partial charge on any atom is -0.465 e. The smallest absolute Gasteiger partial charge is 0.260 e. The number of nitrogens with zero attached hydrogens (tertiary/aromatic N) is 1. The lowest BCUT2D eigenvalue weighted by Gasteiger charge is -2.39. The first kappa shape index (κ1) is 13.7. The molecule has 0 bridgehead atoms. The second-order valence-corrected chi connectivity index (χ2v) is 5.75. The number of ether oxygens (including phenoxy) is 2. The van der Waals surface area contributed by atoms with E-state index in [1.165, 1.54) is 0 Å². The molecular weight excluding hydrogens is 222 g/mol. The molecule has 1 fully saturated rings. The molecule has 0 aromatic rings. The van der Waals surface area contributed by atoms with Crippen LogP contribution in [0.4, 0.5) is 0 Å². The minimum absolute atomic E-state index is 0.213. The fourth-order valence-electron chi connectivity index (χ4n) is 1.93. The maximum Gasteiger partial charge on any atom is 0.260 e. The van der Waals surface area contributed by atoms with Crippen LogP contribution in [0, 0.1) is 0 Å². The summed E-state index contributed by atoms with van der Waals surface area (Å²) >= 11 is 5.34. The molecule has 0 aliphatic carbocycles. The van der Waals surface area contributed by atoms with Crippen molar-refractivity contribution in [2.45, 2.75) is 58.3 Å². The van der Waals surface area contributed by atoms with Gasteiger partial charge in [0.1, 0.15) is 5.60 Å². The molecule has 0 amide bonds. The summed E-state index contributed by atoms with van der Waals surface area (Å²) in [6, 6.07) is 0.397. The summed E-state index contributed by atoms with van der Waals surface area (Å²) < 4.78 is 11.1. The Labute approximate surface area is 104 Å². The first-order valence-corrected chi connectivity index (χ1v) is 6.26. The first-order chi connectivity index (χ1) is 7.33. The van der Waals surface area contributed by atoms with E-state index >= 15 is 0 Å². The lowest BCUT2D eigenvalue weighted by Crippen LogP contribution is -2.48. The van der Waals surface area contributed by atoms with E-state index in [-0.39, 0.29) is 5.60 Å². The van der Waals surface area contributed by atoms with Crippen LogP contribution in [0.2, 0.25) is 0 Å². The Bertz CT molecular complexity index is 250. The van der Waals surface area contributed by atoms with Crippen LogP contribution in [-0.4, -0.2) is 41.5 Å². The van der Waals surface area contributed by atoms with Gasteiger partial charge in [-0.1, -0.05) is 0 Å². The van der Waals surface area contributed by atoms with Crippen LogP contribution >= 0.6 is 12.2 Å². The highest BCUT2D eigenvalue weighted by Crippen LogP contribution is 2.21. The molecule has 0 N–H and O–H groups in total. The highest BCUT2D eigenvalue weighted by molar-refractivity contribution is 7.80. The molecule has 1 unspecified atom stereocenters. The fourth-order valence-corrected chi connectivity index (χ4v) is 2.46. The van der Waals surface area contributed by atoms with Crippen LogP contribution < -0.4 is 0 Å². The molecule has 0 aromatic heterocycles. The van der Waals surface area contributed by atoms with Gasteiger partial charge in [0.2, 0.25) is 0 Å². The Morgan fingerprint density at radius 3 is 2.44 bits per heavy atom. The Balaban J connectivity index is 2.52. The third kappa shape index (κ3) is 3.91. The number of methoxy groups -OCH3 is 1. The zero-order valence-electron chi connectivity index (χ0n) is 10.9. The lowest BCUT2D eigenvalue weighted by atomic mass is 10.0. The summed E-state index contributed by atoms with van der Waals surface area (Å²) in [5.74, 6) is 0. The molecule has 94 valence electrons. The number of piperidine rings is 1. The van der Waals surface area contributed by atoms with E-state index < -0.39 is 0 Å². The van der Waals surface area contributed by atoms with Crippen molar-refractivity contribution in [3.05, 3.63) is 0 Å². The van der Waals surface area contributed by atoms with Crippen molar-refractivity contribution in [3.8, 4) is 0 Å². The lowest BCUT2D eigenvalue weighted by molar-refractivity contribution is 0.0205. The summed E-state index contributed by atoms with van der Waals surface area (Å²) in [6.45, 7) is 9.15. The van der Waals surface area contributed by atoms with Crippen molar-refractivity contribution in [1.29, 1.82) is 0 Å². The summed E-state index contributed by atoms with van der Waals surface area (Å²) in [7, 11) is 1.77. The largest absolute Gasteiger partial charge is 0.465 e. The Morgan fingerprint density at radius 2 is 2.00 bits per heavy atom. The first-order valence-electron chi connectivity index (χ1n) is 5.86. The normalized spacial score (nSPS) is 26.7. The molecule has 0 aromatic carbocycles. The van der Waals surface area contributed by atoms with Crippen molar-refractivity contribution in [2.24, 2.45) is 0 Å². The van der Waals surface area contributed by atoms with Crippen LogP contribution in [0.15, 0.2) is 0 Å². The molecule has 4 heteroatoms. The highest BCUT2D eigenvalue weighted by atomic mass is 32.1. The topological polar surface area (TPSA) is 21.7 Å². The van der Waals surface area contributed by atoms with Gasteiger partial charge in [-0.05, 0) is 52.8 Å². The third-order valence-corrected chi connectivity index (χ3v) is 3.11. The summed E-state index contributed by atoms with van der Waals surface area (Å²) in [5.41, 5.74) is -0.213. The molecule has 3 nitrogen and oxygen atoms in total. The molecule has 16 heavy (non-hydrogen) atoms.